The summed E-state index contributed by atoms with van der Waals surface area (Å²) < 4.78 is 32.9. The van der Waals surface area contributed by atoms with Gasteiger partial charge < -0.3 is 19.9 Å². The summed E-state index contributed by atoms with van der Waals surface area (Å²) in [6, 6.07) is 11.6. The van der Waals surface area contributed by atoms with E-state index in [9.17, 15) is 8.42 Å². The van der Waals surface area contributed by atoms with Crippen molar-refractivity contribution in [2.75, 3.05) is 26.2 Å². The molecular weight excluding hydrogens is 424 g/mol. The minimum atomic E-state index is -3.41. The number of likely N-dealkylation sites (tertiary alicyclic amines) is 1. The zero-order valence-corrected chi connectivity index (χ0v) is 19.4. The van der Waals surface area contributed by atoms with Gasteiger partial charge in [0.1, 0.15) is 18.5 Å². The zero-order valence-electron chi connectivity index (χ0n) is 18.6. The van der Waals surface area contributed by atoms with E-state index in [1.54, 1.807) is 12.3 Å². The number of sulfone groups is 1. The lowest BCUT2D eigenvalue weighted by Gasteiger charge is -2.34. The van der Waals surface area contributed by atoms with Crippen LogP contribution in [0.1, 0.15) is 44.1 Å². The summed E-state index contributed by atoms with van der Waals surface area (Å²) in [5.41, 5.74) is 2.65. The SMILES string of the molecule is CC(C)N1CCC(S(=O)(=O)c2ccc3c(c2)C2NC(c4ccccn4)=CN2CCO3)CC1. The van der Waals surface area contributed by atoms with E-state index in [2.05, 4.69) is 33.9 Å². The molecule has 0 aliphatic carbocycles. The predicted molar refractivity (Wildman–Crippen MR) is 124 cm³/mol. The quantitative estimate of drug-likeness (QED) is 0.761. The first-order chi connectivity index (χ1) is 15.4. The number of hydrogen-bond donors (Lipinski definition) is 1. The number of nitrogens with zero attached hydrogens (tertiary/aromatic N) is 3. The van der Waals surface area contributed by atoms with E-state index < -0.39 is 9.84 Å². The maximum Gasteiger partial charge on any atom is 0.181 e. The fraction of sp³-hybridized carbons (Fsp3) is 0.458. The van der Waals surface area contributed by atoms with E-state index in [0.29, 0.717) is 36.9 Å². The number of fused-ring (bicyclic) bond motifs is 3. The minimum Gasteiger partial charge on any atom is -0.491 e. The molecule has 7 nitrogen and oxygen atoms in total. The Balaban J connectivity index is 1.42. The van der Waals surface area contributed by atoms with Gasteiger partial charge in [0.2, 0.25) is 0 Å². The highest BCUT2D eigenvalue weighted by Gasteiger charge is 2.35. The number of hydrogen-bond acceptors (Lipinski definition) is 7. The minimum absolute atomic E-state index is 0.178. The Kier molecular flexibility index (Phi) is 5.59. The van der Waals surface area contributed by atoms with Gasteiger partial charge in [-0.05, 0) is 70.1 Å². The number of pyridine rings is 1. The standard InChI is InChI=1S/C24H30N4O3S/c1-17(2)27-11-8-18(9-12-27)32(29,30)19-6-7-23-20(15-19)24-26-22(16-28(24)13-14-31-23)21-5-3-4-10-25-21/h3-7,10,15-18,24,26H,8-9,11-14H2,1-2H3. The fourth-order valence-corrected chi connectivity index (χ4v) is 6.59. The molecule has 1 unspecified atom stereocenters. The van der Waals surface area contributed by atoms with Gasteiger partial charge >= 0.3 is 0 Å². The summed E-state index contributed by atoms with van der Waals surface area (Å²) in [5.74, 6) is 0.731. The van der Waals surface area contributed by atoms with Crippen molar-refractivity contribution in [2.24, 2.45) is 0 Å². The molecule has 8 heteroatoms. The van der Waals surface area contributed by atoms with Crippen LogP contribution in [0.2, 0.25) is 0 Å². The van der Waals surface area contributed by atoms with Crippen molar-refractivity contribution in [3.8, 4) is 5.75 Å². The second kappa shape index (κ2) is 8.41. The van der Waals surface area contributed by atoms with Crippen LogP contribution in [0.3, 0.4) is 0 Å². The van der Waals surface area contributed by atoms with Crippen LogP contribution in [0.5, 0.6) is 5.75 Å². The van der Waals surface area contributed by atoms with Crippen LogP contribution in [-0.2, 0) is 9.84 Å². The van der Waals surface area contributed by atoms with Gasteiger partial charge in [-0.25, -0.2) is 8.42 Å². The van der Waals surface area contributed by atoms with Crippen LogP contribution >= 0.6 is 0 Å². The van der Waals surface area contributed by atoms with E-state index in [-0.39, 0.29) is 11.4 Å². The molecule has 2 aromatic rings. The van der Waals surface area contributed by atoms with Crippen LogP contribution in [0.25, 0.3) is 5.70 Å². The summed E-state index contributed by atoms with van der Waals surface area (Å²) in [6.07, 6.45) is 4.99. The van der Waals surface area contributed by atoms with Gasteiger partial charge in [0.25, 0.3) is 0 Å². The van der Waals surface area contributed by atoms with E-state index in [0.717, 1.165) is 35.8 Å². The van der Waals surface area contributed by atoms with E-state index in [4.69, 9.17) is 4.74 Å². The third kappa shape index (κ3) is 3.86. The van der Waals surface area contributed by atoms with Crippen LogP contribution in [-0.4, -0.2) is 60.7 Å². The lowest BCUT2D eigenvalue weighted by atomic mass is 10.1. The molecule has 5 rings (SSSR count). The lowest BCUT2D eigenvalue weighted by Crippen LogP contribution is -2.42. The normalized spacial score (nSPS) is 21.9. The highest BCUT2D eigenvalue weighted by molar-refractivity contribution is 7.92. The van der Waals surface area contributed by atoms with Gasteiger partial charge in [-0.3, -0.25) is 4.98 Å². The topological polar surface area (TPSA) is 74.8 Å². The second-order valence-corrected chi connectivity index (χ2v) is 11.2. The summed E-state index contributed by atoms with van der Waals surface area (Å²) >= 11 is 0. The number of benzene rings is 1. The fourth-order valence-electron chi connectivity index (χ4n) is 4.82. The van der Waals surface area contributed by atoms with E-state index in [1.165, 1.54) is 0 Å². The number of aromatic nitrogens is 1. The first-order valence-corrected chi connectivity index (χ1v) is 12.9. The van der Waals surface area contributed by atoms with Crippen LogP contribution in [0.4, 0.5) is 0 Å². The van der Waals surface area contributed by atoms with Crippen molar-refractivity contribution >= 4 is 15.5 Å². The summed E-state index contributed by atoms with van der Waals surface area (Å²) in [6.45, 7) is 7.22. The Labute approximate surface area is 190 Å². The van der Waals surface area contributed by atoms with Crippen molar-refractivity contribution in [1.29, 1.82) is 0 Å². The lowest BCUT2D eigenvalue weighted by molar-refractivity contribution is 0.186. The maximum absolute atomic E-state index is 13.5. The average Bonchev–Trinajstić information content (AvgIpc) is 3.16. The smallest absolute Gasteiger partial charge is 0.181 e. The molecule has 1 fully saturated rings. The van der Waals surface area contributed by atoms with Gasteiger partial charge in [-0.2, -0.15) is 0 Å². The van der Waals surface area contributed by atoms with E-state index in [1.807, 2.05) is 36.5 Å². The monoisotopic (exact) mass is 454 g/mol. The van der Waals surface area contributed by atoms with Crippen molar-refractivity contribution in [3.05, 3.63) is 60.1 Å². The molecule has 4 heterocycles. The molecule has 1 saturated heterocycles. The third-order valence-electron chi connectivity index (χ3n) is 6.72. The Bertz CT molecular complexity index is 1110. The number of rotatable bonds is 4. The Morgan fingerprint density at radius 2 is 1.94 bits per heavy atom. The molecule has 32 heavy (non-hydrogen) atoms. The van der Waals surface area contributed by atoms with Crippen LogP contribution in [0.15, 0.2) is 53.7 Å². The zero-order chi connectivity index (χ0) is 22.3. The molecule has 0 bridgehead atoms. The molecule has 0 saturated carbocycles. The van der Waals surface area contributed by atoms with E-state index >= 15 is 0 Å². The third-order valence-corrected chi connectivity index (χ3v) is 8.98. The van der Waals surface area contributed by atoms with Gasteiger partial charge in [0, 0.05) is 24.0 Å². The molecule has 3 aliphatic rings. The molecule has 1 atom stereocenters. The molecule has 0 radical (unpaired) electrons. The highest BCUT2D eigenvalue weighted by atomic mass is 32.2. The van der Waals surface area contributed by atoms with Crippen LogP contribution in [0, 0.1) is 0 Å². The molecule has 1 aromatic heterocycles. The van der Waals surface area contributed by atoms with Crippen LogP contribution < -0.4 is 10.1 Å². The Morgan fingerprint density at radius 3 is 2.66 bits per heavy atom. The maximum atomic E-state index is 13.5. The summed E-state index contributed by atoms with van der Waals surface area (Å²) in [4.78, 5) is 9.34. The first kappa shape index (κ1) is 21.3. The van der Waals surface area contributed by atoms with Gasteiger partial charge in [0.15, 0.2) is 9.84 Å². The molecule has 0 spiro atoms. The predicted octanol–water partition coefficient (Wildman–Crippen LogP) is 3.02. The number of nitrogens with one attached hydrogen (secondary N) is 1. The van der Waals surface area contributed by atoms with Crippen molar-refractivity contribution in [2.45, 2.75) is 49.0 Å². The molecule has 1 aromatic carbocycles. The average molecular weight is 455 g/mol. The van der Waals surface area contributed by atoms with Gasteiger partial charge in [-0.15, -0.1) is 0 Å². The molecule has 0 amide bonds. The largest absolute Gasteiger partial charge is 0.491 e. The van der Waals surface area contributed by atoms with Gasteiger partial charge in [0.05, 0.1) is 28.1 Å². The highest BCUT2D eigenvalue weighted by Crippen LogP contribution is 2.38. The Hall–Kier alpha value is -2.58. The summed E-state index contributed by atoms with van der Waals surface area (Å²) in [7, 11) is -3.41. The first-order valence-electron chi connectivity index (χ1n) is 11.3. The number of piperidine rings is 1. The van der Waals surface area contributed by atoms with Gasteiger partial charge in [-0.1, -0.05) is 6.07 Å². The molecule has 1 N–H and O–H groups in total. The van der Waals surface area contributed by atoms with Crippen molar-refractivity contribution in [1.82, 2.24) is 20.1 Å². The van der Waals surface area contributed by atoms with Crippen molar-refractivity contribution in [3.63, 3.8) is 0 Å². The molecular formula is C24H30N4O3S. The molecule has 3 aliphatic heterocycles. The summed E-state index contributed by atoms with van der Waals surface area (Å²) in [5, 5.41) is 3.19. The van der Waals surface area contributed by atoms with Crippen molar-refractivity contribution < 1.29 is 13.2 Å². The number of ether oxygens (including phenoxy) is 1. The Morgan fingerprint density at radius 1 is 1.12 bits per heavy atom. The molecule has 170 valence electrons. The second-order valence-electron chi connectivity index (χ2n) is 8.96.